The molecule has 0 aliphatic carbocycles. The zero-order chi connectivity index (χ0) is 15.3. The van der Waals surface area contributed by atoms with Gasteiger partial charge in [0.25, 0.3) is 0 Å². The van der Waals surface area contributed by atoms with Crippen LogP contribution < -0.4 is 10.1 Å². The number of rotatable bonds is 8. The molecule has 0 aromatic carbocycles. The fraction of sp³-hybridized carbons (Fsp3) is 0.800. The van der Waals surface area contributed by atoms with Crippen molar-refractivity contribution in [2.75, 3.05) is 21.3 Å². The SMILES string of the molecule is CCC(CC)(OC)C(NC)c1c(OC)cnn1C(C)C. The molecule has 0 bridgehead atoms. The third-order valence-corrected chi connectivity index (χ3v) is 4.20. The Kier molecular flexibility index (Phi) is 6.02. The first-order chi connectivity index (χ1) is 9.51. The number of methoxy groups -OCH3 is 2. The summed E-state index contributed by atoms with van der Waals surface area (Å²) in [5, 5.41) is 7.87. The van der Waals surface area contributed by atoms with Crippen LogP contribution in [0.25, 0.3) is 0 Å². The third kappa shape index (κ3) is 2.83. The van der Waals surface area contributed by atoms with Crippen LogP contribution in [-0.2, 0) is 4.74 Å². The first-order valence-electron chi connectivity index (χ1n) is 7.35. The molecule has 0 fully saturated rings. The van der Waals surface area contributed by atoms with Gasteiger partial charge >= 0.3 is 0 Å². The predicted molar refractivity (Wildman–Crippen MR) is 81.3 cm³/mol. The molecule has 116 valence electrons. The smallest absolute Gasteiger partial charge is 0.161 e. The fourth-order valence-corrected chi connectivity index (χ4v) is 2.91. The van der Waals surface area contributed by atoms with Gasteiger partial charge in [-0.2, -0.15) is 5.10 Å². The number of nitrogens with zero attached hydrogens (tertiary/aromatic N) is 2. The number of hydrogen-bond acceptors (Lipinski definition) is 4. The van der Waals surface area contributed by atoms with E-state index in [1.807, 2.05) is 11.7 Å². The van der Waals surface area contributed by atoms with E-state index in [2.05, 4.69) is 38.1 Å². The lowest BCUT2D eigenvalue weighted by Crippen LogP contribution is -2.45. The van der Waals surface area contributed by atoms with Crippen molar-refractivity contribution in [3.8, 4) is 5.75 Å². The molecule has 1 heterocycles. The van der Waals surface area contributed by atoms with Gasteiger partial charge in [0.1, 0.15) is 5.69 Å². The summed E-state index contributed by atoms with van der Waals surface area (Å²) in [6.07, 6.45) is 3.61. The molecule has 1 unspecified atom stereocenters. The van der Waals surface area contributed by atoms with Crippen molar-refractivity contribution in [3.05, 3.63) is 11.9 Å². The average molecular weight is 283 g/mol. The van der Waals surface area contributed by atoms with Crippen molar-refractivity contribution in [1.29, 1.82) is 0 Å². The van der Waals surface area contributed by atoms with Crippen molar-refractivity contribution in [2.24, 2.45) is 0 Å². The lowest BCUT2D eigenvalue weighted by Gasteiger charge is -2.39. The maximum Gasteiger partial charge on any atom is 0.161 e. The molecule has 1 N–H and O–H groups in total. The topological polar surface area (TPSA) is 48.3 Å². The lowest BCUT2D eigenvalue weighted by molar-refractivity contribution is -0.0495. The van der Waals surface area contributed by atoms with Crippen LogP contribution in [0.5, 0.6) is 5.75 Å². The Morgan fingerprint density at radius 2 is 1.90 bits per heavy atom. The summed E-state index contributed by atoms with van der Waals surface area (Å²) in [4.78, 5) is 0. The second-order valence-corrected chi connectivity index (χ2v) is 5.33. The normalized spacial score (nSPS) is 13.8. The standard InChI is InChI=1S/C15H29N3O2/c1-8-15(9-2,20-7)14(16-5)13-12(19-6)10-17-18(13)11(3)4/h10-11,14,16H,8-9H2,1-7H3. The highest BCUT2D eigenvalue weighted by molar-refractivity contribution is 5.31. The largest absolute Gasteiger partial charge is 0.493 e. The number of ether oxygens (including phenoxy) is 2. The van der Waals surface area contributed by atoms with Gasteiger partial charge in [-0.15, -0.1) is 0 Å². The lowest BCUT2D eigenvalue weighted by atomic mass is 9.85. The first kappa shape index (κ1) is 17.0. The third-order valence-electron chi connectivity index (χ3n) is 4.20. The van der Waals surface area contributed by atoms with Crippen LogP contribution in [0.4, 0.5) is 0 Å². The van der Waals surface area contributed by atoms with Crippen LogP contribution in [0.2, 0.25) is 0 Å². The van der Waals surface area contributed by atoms with Gasteiger partial charge in [0.05, 0.1) is 24.9 Å². The van der Waals surface area contributed by atoms with Crippen LogP contribution in [0.1, 0.15) is 58.3 Å². The van der Waals surface area contributed by atoms with E-state index < -0.39 is 0 Å². The second kappa shape index (κ2) is 7.09. The first-order valence-corrected chi connectivity index (χ1v) is 7.35. The minimum Gasteiger partial charge on any atom is -0.493 e. The molecule has 0 aliphatic heterocycles. The maximum atomic E-state index is 5.89. The molecule has 0 saturated heterocycles. The summed E-state index contributed by atoms with van der Waals surface area (Å²) >= 11 is 0. The Hall–Kier alpha value is -1.07. The van der Waals surface area contributed by atoms with E-state index in [-0.39, 0.29) is 17.7 Å². The minimum absolute atomic E-state index is 0.0300. The molecule has 0 spiro atoms. The Bertz CT molecular complexity index is 403. The van der Waals surface area contributed by atoms with Gasteiger partial charge in [0.2, 0.25) is 0 Å². The highest BCUT2D eigenvalue weighted by Gasteiger charge is 2.40. The van der Waals surface area contributed by atoms with E-state index in [1.165, 1.54) is 0 Å². The second-order valence-electron chi connectivity index (χ2n) is 5.33. The molecule has 5 nitrogen and oxygen atoms in total. The molecule has 0 saturated carbocycles. The molecule has 1 aromatic rings. The summed E-state index contributed by atoms with van der Waals surface area (Å²) in [6.45, 7) is 8.55. The van der Waals surface area contributed by atoms with Gasteiger partial charge in [-0.25, -0.2) is 0 Å². The van der Waals surface area contributed by atoms with Crippen LogP contribution in [-0.4, -0.2) is 36.6 Å². The zero-order valence-corrected chi connectivity index (χ0v) is 13.9. The van der Waals surface area contributed by atoms with Crippen molar-refractivity contribution in [3.63, 3.8) is 0 Å². The van der Waals surface area contributed by atoms with Crippen LogP contribution in [0, 0.1) is 0 Å². The minimum atomic E-state index is -0.269. The Balaban J connectivity index is 3.40. The van der Waals surface area contributed by atoms with Crippen LogP contribution in [0.15, 0.2) is 6.20 Å². The van der Waals surface area contributed by atoms with Crippen molar-refractivity contribution in [2.45, 2.75) is 58.2 Å². The van der Waals surface area contributed by atoms with E-state index in [0.29, 0.717) is 0 Å². The Morgan fingerprint density at radius 1 is 1.30 bits per heavy atom. The Morgan fingerprint density at radius 3 is 2.25 bits per heavy atom. The van der Waals surface area contributed by atoms with Crippen LogP contribution >= 0.6 is 0 Å². The van der Waals surface area contributed by atoms with Crippen LogP contribution in [0.3, 0.4) is 0 Å². The maximum absolute atomic E-state index is 5.89. The van der Waals surface area contributed by atoms with Crippen molar-refractivity contribution >= 4 is 0 Å². The Labute approximate surface area is 122 Å². The van der Waals surface area contributed by atoms with Gasteiger partial charge in [-0.05, 0) is 33.7 Å². The highest BCUT2D eigenvalue weighted by atomic mass is 16.5. The molecule has 0 radical (unpaired) electrons. The number of likely N-dealkylation sites (N-methyl/N-ethyl adjacent to an activating group) is 1. The molecule has 1 rings (SSSR count). The fourth-order valence-electron chi connectivity index (χ4n) is 2.91. The molecule has 0 aliphatic rings. The summed E-state index contributed by atoms with van der Waals surface area (Å²) in [5.41, 5.74) is 0.782. The van der Waals surface area contributed by atoms with E-state index >= 15 is 0 Å². The molecule has 20 heavy (non-hydrogen) atoms. The summed E-state index contributed by atoms with van der Waals surface area (Å²) in [5.74, 6) is 0.807. The summed E-state index contributed by atoms with van der Waals surface area (Å²) < 4.78 is 13.4. The van der Waals surface area contributed by atoms with E-state index in [0.717, 1.165) is 24.3 Å². The molecular weight excluding hydrogens is 254 g/mol. The van der Waals surface area contributed by atoms with Gasteiger partial charge in [0, 0.05) is 13.2 Å². The molecule has 1 aromatic heterocycles. The predicted octanol–water partition coefficient (Wildman–Crippen LogP) is 2.94. The monoisotopic (exact) mass is 283 g/mol. The highest BCUT2D eigenvalue weighted by Crippen LogP contribution is 2.39. The number of aromatic nitrogens is 2. The van der Waals surface area contributed by atoms with Gasteiger partial charge in [0.15, 0.2) is 5.75 Å². The molecule has 5 heteroatoms. The quantitative estimate of drug-likeness (QED) is 0.797. The van der Waals surface area contributed by atoms with Gasteiger partial charge in [-0.1, -0.05) is 13.8 Å². The van der Waals surface area contributed by atoms with E-state index in [1.54, 1.807) is 20.4 Å². The number of nitrogens with one attached hydrogen (secondary N) is 1. The molecule has 0 amide bonds. The van der Waals surface area contributed by atoms with Crippen molar-refractivity contribution in [1.82, 2.24) is 15.1 Å². The molecular formula is C15H29N3O2. The summed E-state index contributed by atoms with van der Waals surface area (Å²) in [6, 6.07) is 0.301. The summed E-state index contributed by atoms with van der Waals surface area (Å²) in [7, 11) is 5.42. The van der Waals surface area contributed by atoms with E-state index in [9.17, 15) is 0 Å². The molecule has 1 atom stereocenters. The van der Waals surface area contributed by atoms with Gasteiger partial charge < -0.3 is 14.8 Å². The zero-order valence-electron chi connectivity index (χ0n) is 13.9. The van der Waals surface area contributed by atoms with E-state index in [4.69, 9.17) is 9.47 Å². The average Bonchev–Trinajstić information content (AvgIpc) is 2.88. The van der Waals surface area contributed by atoms with Gasteiger partial charge in [-0.3, -0.25) is 4.68 Å². The van der Waals surface area contributed by atoms with Crippen molar-refractivity contribution < 1.29 is 9.47 Å². The number of hydrogen-bond donors (Lipinski definition) is 1.